The maximum absolute atomic E-state index is 14.2. The SMILES string of the molecule is CCN(C(=O)c1cc(F)ccc1Oc1cncnc1N1CC2(CCN(C[C@H]3CC[C@@H](NS(=O)(=O)CC)CC3)CC2)C1)C(C)C. The number of ether oxygens (including phenoxy) is 1. The van der Waals surface area contributed by atoms with Crippen molar-refractivity contribution in [1.29, 1.82) is 0 Å². The van der Waals surface area contributed by atoms with E-state index in [0.717, 1.165) is 71.2 Å². The van der Waals surface area contributed by atoms with Crippen LogP contribution >= 0.6 is 0 Å². The third kappa shape index (κ3) is 7.51. The lowest BCUT2D eigenvalue weighted by Crippen LogP contribution is -2.61. The van der Waals surface area contributed by atoms with Gasteiger partial charge in [0.05, 0.1) is 17.5 Å². The first kappa shape index (κ1) is 32.6. The predicted molar refractivity (Wildman–Crippen MR) is 169 cm³/mol. The van der Waals surface area contributed by atoms with E-state index in [0.29, 0.717) is 24.0 Å². The minimum Gasteiger partial charge on any atom is -0.451 e. The van der Waals surface area contributed by atoms with Gasteiger partial charge in [0.1, 0.15) is 17.9 Å². The Bertz CT molecular complexity index is 1400. The Labute approximate surface area is 261 Å². The van der Waals surface area contributed by atoms with Gasteiger partial charge in [-0.15, -0.1) is 0 Å². The van der Waals surface area contributed by atoms with Gasteiger partial charge < -0.3 is 19.4 Å². The zero-order valence-corrected chi connectivity index (χ0v) is 27.3. The number of aromatic nitrogens is 2. The molecule has 1 aliphatic carbocycles. The second-order valence-electron chi connectivity index (χ2n) is 13.0. The number of halogens is 1. The van der Waals surface area contributed by atoms with E-state index in [4.69, 9.17) is 4.74 Å². The highest BCUT2D eigenvalue weighted by atomic mass is 32.2. The fourth-order valence-electron chi connectivity index (χ4n) is 7.00. The Morgan fingerprint density at radius 3 is 2.48 bits per heavy atom. The molecule has 1 spiro atoms. The van der Waals surface area contributed by atoms with E-state index < -0.39 is 15.8 Å². The Balaban J connectivity index is 1.16. The molecule has 5 rings (SSSR count). The van der Waals surface area contributed by atoms with E-state index in [-0.39, 0.29) is 40.5 Å². The van der Waals surface area contributed by atoms with E-state index in [1.165, 1.54) is 24.5 Å². The Kier molecular flexibility index (Phi) is 10.1. The molecule has 0 bridgehead atoms. The molecule has 2 saturated heterocycles. The molecule has 3 aliphatic rings. The molecule has 44 heavy (non-hydrogen) atoms. The van der Waals surface area contributed by atoms with Crippen molar-refractivity contribution in [2.45, 2.75) is 78.3 Å². The number of sulfonamides is 1. The normalized spacial score (nSPS) is 22.2. The van der Waals surface area contributed by atoms with Crippen molar-refractivity contribution in [2.24, 2.45) is 11.3 Å². The molecule has 1 N–H and O–H groups in total. The second-order valence-corrected chi connectivity index (χ2v) is 15.1. The van der Waals surface area contributed by atoms with E-state index in [9.17, 15) is 17.6 Å². The van der Waals surface area contributed by atoms with Gasteiger partial charge in [0.15, 0.2) is 11.6 Å². The average molecular weight is 631 g/mol. The molecule has 3 fully saturated rings. The Morgan fingerprint density at radius 1 is 1.14 bits per heavy atom. The van der Waals surface area contributed by atoms with E-state index in [1.54, 1.807) is 18.0 Å². The minimum atomic E-state index is -3.14. The number of likely N-dealkylation sites (tertiary alicyclic amines) is 1. The summed E-state index contributed by atoms with van der Waals surface area (Å²) in [4.78, 5) is 28.5. The lowest BCUT2D eigenvalue weighted by Gasteiger charge is -2.54. The lowest BCUT2D eigenvalue weighted by molar-refractivity contribution is 0.0618. The smallest absolute Gasteiger partial charge is 0.257 e. The number of rotatable bonds is 11. The molecule has 2 aliphatic heterocycles. The van der Waals surface area contributed by atoms with Crippen molar-refractivity contribution < 1.29 is 22.3 Å². The summed E-state index contributed by atoms with van der Waals surface area (Å²) < 4.78 is 47.2. The Hall–Kier alpha value is -2.83. The molecule has 10 nitrogen and oxygen atoms in total. The van der Waals surface area contributed by atoms with Gasteiger partial charge >= 0.3 is 0 Å². The largest absolute Gasteiger partial charge is 0.451 e. The maximum Gasteiger partial charge on any atom is 0.257 e. The molecule has 1 saturated carbocycles. The van der Waals surface area contributed by atoms with Gasteiger partial charge in [-0.05, 0) is 103 Å². The number of hydrogen-bond acceptors (Lipinski definition) is 8. The average Bonchev–Trinajstić information content (AvgIpc) is 2.99. The highest BCUT2D eigenvalue weighted by Crippen LogP contribution is 2.45. The number of carbonyl (C=O) groups excluding carboxylic acids is 1. The third-order valence-electron chi connectivity index (χ3n) is 9.63. The molecule has 0 radical (unpaired) electrons. The summed E-state index contributed by atoms with van der Waals surface area (Å²) in [6.45, 7) is 12.9. The van der Waals surface area contributed by atoms with Gasteiger partial charge in [0.25, 0.3) is 5.91 Å². The summed E-state index contributed by atoms with van der Waals surface area (Å²) in [5, 5.41) is 0. The van der Waals surface area contributed by atoms with Gasteiger partial charge in [-0.1, -0.05) is 0 Å². The van der Waals surface area contributed by atoms with Gasteiger partial charge in [0, 0.05) is 43.7 Å². The molecular weight excluding hydrogens is 583 g/mol. The lowest BCUT2D eigenvalue weighted by atomic mass is 9.71. The van der Waals surface area contributed by atoms with E-state index in [1.807, 2.05) is 20.8 Å². The van der Waals surface area contributed by atoms with Gasteiger partial charge in [-0.25, -0.2) is 27.5 Å². The number of nitrogens with zero attached hydrogens (tertiary/aromatic N) is 5. The van der Waals surface area contributed by atoms with Crippen LogP contribution in [-0.2, 0) is 10.0 Å². The minimum absolute atomic E-state index is 0.0352. The topological polar surface area (TPSA) is 108 Å². The summed E-state index contributed by atoms with van der Waals surface area (Å²) in [7, 11) is -3.14. The Morgan fingerprint density at radius 2 is 1.84 bits per heavy atom. The predicted octanol–water partition coefficient (Wildman–Crippen LogP) is 4.68. The first-order chi connectivity index (χ1) is 21.0. The number of amides is 1. The van der Waals surface area contributed by atoms with Crippen molar-refractivity contribution in [2.75, 3.05) is 49.9 Å². The zero-order valence-electron chi connectivity index (χ0n) is 26.5. The molecule has 1 aromatic carbocycles. The van der Waals surface area contributed by atoms with Gasteiger partial charge in [-0.3, -0.25) is 4.79 Å². The summed E-state index contributed by atoms with van der Waals surface area (Å²) in [6, 6.07) is 4.08. The quantitative estimate of drug-likeness (QED) is 0.382. The van der Waals surface area contributed by atoms with Crippen LogP contribution in [0.15, 0.2) is 30.7 Å². The molecule has 0 unspecified atom stereocenters. The number of anilines is 1. The molecule has 2 aromatic rings. The maximum atomic E-state index is 14.2. The summed E-state index contributed by atoms with van der Waals surface area (Å²) in [5.41, 5.74) is 0.420. The highest BCUT2D eigenvalue weighted by Gasteiger charge is 2.46. The van der Waals surface area contributed by atoms with Crippen molar-refractivity contribution >= 4 is 21.7 Å². The summed E-state index contributed by atoms with van der Waals surface area (Å²) >= 11 is 0. The van der Waals surface area contributed by atoms with Crippen molar-refractivity contribution in [3.63, 3.8) is 0 Å². The fraction of sp³-hybridized carbons (Fsp3) is 0.656. The van der Waals surface area contributed by atoms with Crippen LogP contribution in [0.5, 0.6) is 11.5 Å². The zero-order chi connectivity index (χ0) is 31.5. The van der Waals surface area contributed by atoms with Gasteiger partial charge in [-0.2, -0.15) is 0 Å². The standard InChI is InChI=1S/C32H47FN6O4S/c1-5-39(23(3)4)31(40)27-17-25(33)9-12-28(27)43-29-18-34-22-35-30(29)38-20-32(21-38)13-15-37(16-14-32)19-24-7-10-26(11-8-24)36-44(41,42)6-2/h9,12,17-18,22-24,26,36H,5-8,10-11,13-16,19-21H2,1-4H3/t24-,26+. The van der Waals surface area contributed by atoms with Gasteiger partial charge in [0.2, 0.25) is 10.0 Å². The summed E-state index contributed by atoms with van der Waals surface area (Å²) in [5.74, 6) is 1.41. The second kappa shape index (κ2) is 13.7. The number of nitrogens with one attached hydrogen (secondary N) is 1. The molecular formula is C32H47FN6O4S. The van der Waals surface area contributed by atoms with Crippen LogP contribution in [0.1, 0.15) is 76.6 Å². The molecule has 1 amide bonds. The van der Waals surface area contributed by atoms with Crippen molar-refractivity contribution in [1.82, 2.24) is 24.5 Å². The van der Waals surface area contributed by atoms with Crippen LogP contribution in [0.4, 0.5) is 10.2 Å². The first-order valence-electron chi connectivity index (χ1n) is 16.1. The number of hydrogen-bond donors (Lipinski definition) is 1. The monoisotopic (exact) mass is 630 g/mol. The molecule has 0 atom stereocenters. The molecule has 12 heteroatoms. The summed E-state index contributed by atoms with van der Waals surface area (Å²) in [6.07, 6.45) is 9.33. The van der Waals surface area contributed by atoms with Crippen LogP contribution in [0, 0.1) is 17.2 Å². The van der Waals surface area contributed by atoms with Crippen LogP contribution < -0.4 is 14.4 Å². The van der Waals surface area contributed by atoms with Crippen LogP contribution in [0.2, 0.25) is 0 Å². The first-order valence-corrected chi connectivity index (χ1v) is 17.7. The molecule has 242 valence electrons. The number of carbonyl (C=O) groups is 1. The van der Waals surface area contributed by atoms with E-state index >= 15 is 0 Å². The molecule has 3 heterocycles. The fourth-order valence-corrected chi connectivity index (χ4v) is 7.91. The molecule has 1 aromatic heterocycles. The number of piperidine rings is 1. The van der Waals surface area contributed by atoms with Crippen LogP contribution in [0.3, 0.4) is 0 Å². The van der Waals surface area contributed by atoms with Crippen molar-refractivity contribution in [3.8, 4) is 11.5 Å². The third-order valence-corrected chi connectivity index (χ3v) is 11.1. The van der Waals surface area contributed by atoms with Crippen LogP contribution in [-0.4, -0.2) is 91.2 Å². The van der Waals surface area contributed by atoms with Crippen molar-refractivity contribution in [3.05, 3.63) is 42.1 Å². The van der Waals surface area contributed by atoms with E-state index in [2.05, 4.69) is 24.5 Å². The highest BCUT2D eigenvalue weighted by molar-refractivity contribution is 7.89. The van der Waals surface area contributed by atoms with Crippen LogP contribution in [0.25, 0.3) is 0 Å². The number of benzene rings is 1.